The van der Waals surface area contributed by atoms with Crippen molar-refractivity contribution in [2.45, 2.75) is 6.42 Å². The summed E-state index contributed by atoms with van der Waals surface area (Å²) in [4.78, 5) is 10.7. The molecule has 0 heterocycles. The zero-order valence-electron chi connectivity index (χ0n) is 8.53. The largest absolute Gasteiger partial charge is 0.493 e. The molecule has 0 saturated carbocycles. The van der Waals surface area contributed by atoms with Gasteiger partial charge in [0.05, 0.1) is 12.2 Å². The van der Waals surface area contributed by atoms with Gasteiger partial charge in [0.25, 0.3) is 0 Å². The first-order chi connectivity index (χ1) is 7.27. The molecule has 0 aromatic heterocycles. The Kier molecular flexibility index (Phi) is 5.58. The summed E-state index contributed by atoms with van der Waals surface area (Å²) in [6, 6.07) is 5.06. The van der Waals surface area contributed by atoms with E-state index in [1.54, 1.807) is 30.0 Å². The summed E-state index contributed by atoms with van der Waals surface area (Å²) in [5.41, 5.74) is 0.506. The number of carbonyl (C=O) groups is 1. The summed E-state index contributed by atoms with van der Waals surface area (Å²) in [5, 5.41) is 0.550. The molecule has 0 fully saturated rings. The molecule has 4 heteroatoms. The molecular formula is C11H13ClO2S. The number of thioether (sulfide) groups is 1. The molecule has 0 radical (unpaired) electrons. The van der Waals surface area contributed by atoms with Gasteiger partial charge in [0.2, 0.25) is 0 Å². The highest BCUT2D eigenvalue weighted by atomic mass is 35.5. The van der Waals surface area contributed by atoms with E-state index in [0.29, 0.717) is 22.9 Å². The number of ether oxygens (including phenoxy) is 1. The highest BCUT2D eigenvalue weighted by Crippen LogP contribution is 2.21. The predicted molar refractivity (Wildman–Crippen MR) is 65.3 cm³/mol. The van der Waals surface area contributed by atoms with E-state index < -0.39 is 0 Å². The van der Waals surface area contributed by atoms with Gasteiger partial charge < -0.3 is 4.74 Å². The maximum atomic E-state index is 10.7. The summed E-state index contributed by atoms with van der Waals surface area (Å²) in [6.07, 6.45) is 3.79. The van der Waals surface area contributed by atoms with Crippen molar-refractivity contribution in [3.8, 4) is 5.75 Å². The standard InChI is InChI=1S/C11H13ClO2S/c1-15-6-2-5-14-11-4-3-10(12)7-9(11)8-13/h3-4,7-8H,2,5-6H2,1H3. The molecule has 2 nitrogen and oxygen atoms in total. The Morgan fingerprint density at radius 2 is 2.33 bits per heavy atom. The normalized spacial score (nSPS) is 10.0. The van der Waals surface area contributed by atoms with Crippen LogP contribution in [0.25, 0.3) is 0 Å². The fourth-order valence-corrected chi connectivity index (χ4v) is 1.72. The second-order valence-corrected chi connectivity index (χ2v) is 4.42. The Morgan fingerprint density at radius 1 is 1.53 bits per heavy atom. The van der Waals surface area contributed by atoms with Crippen LogP contribution in [0.5, 0.6) is 5.75 Å². The van der Waals surface area contributed by atoms with E-state index in [2.05, 4.69) is 6.26 Å². The van der Waals surface area contributed by atoms with Gasteiger partial charge in [0.15, 0.2) is 6.29 Å². The number of aldehydes is 1. The van der Waals surface area contributed by atoms with Gasteiger partial charge >= 0.3 is 0 Å². The molecule has 0 aliphatic rings. The van der Waals surface area contributed by atoms with Crippen molar-refractivity contribution in [3.63, 3.8) is 0 Å². The average molecular weight is 245 g/mol. The Hall–Kier alpha value is -0.670. The molecule has 0 saturated heterocycles. The molecule has 1 aromatic rings. The minimum atomic E-state index is 0.506. The van der Waals surface area contributed by atoms with E-state index in [0.717, 1.165) is 18.5 Å². The summed E-state index contributed by atoms with van der Waals surface area (Å²) >= 11 is 7.54. The number of carbonyl (C=O) groups excluding carboxylic acids is 1. The van der Waals surface area contributed by atoms with Crippen molar-refractivity contribution < 1.29 is 9.53 Å². The lowest BCUT2D eigenvalue weighted by molar-refractivity contribution is 0.111. The molecular weight excluding hydrogens is 232 g/mol. The first-order valence-electron chi connectivity index (χ1n) is 4.64. The van der Waals surface area contributed by atoms with Crippen LogP contribution in [-0.4, -0.2) is 24.9 Å². The number of rotatable bonds is 6. The Labute approximate surface area is 99.0 Å². The van der Waals surface area contributed by atoms with Crippen LogP contribution in [0, 0.1) is 0 Å². The first-order valence-corrected chi connectivity index (χ1v) is 6.41. The number of halogens is 1. The molecule has 82 valence electrons. The van der Waals surface area contributed by atoms with Gasteiger partial charge in [-0.1, -0.05) is 11.6 Å². The van der Waals surface area contributed by atoms with Gasteiger partial charge in [-0.2, -0.15) is 11.8 Å². The first kappa shape index (κ1) is 12.4. The molecule has 0 atom stereocenters. The molecule has 0 unspecified atom stereocenters. The third-order valence-electron chi connectivity index (χ3n) is 1.85. The quantitative estimate of drug-likeness (QED) is 0.568. The second-order valence-electron chi connectivity index (χ2n) is 2.99. The van der Waals surface area contributed by atoms with Crippen LogP contribution in [0.2, 0.25) is 5.02 Å². The van der Waals surface area contributed by atoms with Crippen molar-refractivity contribution in [2.75, 3.05) is 18.6 Å². The topological polar surface area (TPSA) is 26.3 Å². The zero-order chi connectivity index (χ0) is 11.1. The smallest absolute Gasteiger partial charge is 0.153 e. The van der Waals surface area contributed by atoms with Crippen LogP contribution in [0.3, 0.4) is 0 Å². The monoisotopic (exact) mass is 244 g/mol. The highest BCUT2D eigenvalue weighted by molar-refractivity contribution is 7.98. The van der Waals surface area contributed by atoms with Crippen LogP contribution in [0.4, 0.5) is 0 Å². The summed E-state index contributed by atoms with van der Waals surface area (Å²) in [6.45, 7) is 0.628. The molecule has 1 aromatic carbocycles. The molecule has 0 amide bonds. The zero-order valence-corrected chi connectivity index (χ0v) is 10.1. The van der Waals surface area contributed by atoms with Crippen LogP contribution >= 0.6 is 23.4 Å². The highest BCUT2D eigenvalue weighted by Gasteiger charge is 2.03. The molecule has 0 aliphatic carbocycles. The van der Waals surface area contributed by atoms with Gasteiger partial charge in [-0.15, -0.1) is 0 Å². The van der Waals surface area contributed by atoms with Crippen molar-refractivity contribution in [2.24, 2.45) is 0 Å². The third kappa shape index (κ3) is 4.14. The SMILES string of the molecule is CSCCCOc1ccc(Cl)cc1C=O. The molecule has 1 rings (SSSR count). The molecule has 15 heavy (non-hydrogen) atoms. The van der Waals surface area contributed by atoms with E-state index in [4.69, 9.17) is 16.3 Å². The van der Waals surface area contributed by atoms with Crippen molar-refractivity contribution in [1.82, 2.24) is 0 Å². The minimum Gasteiger partial charge on any atom is -0.493 e. The third-order valence-corrected chi connectivity index (χ3v) is 2.78. The number of hydrogen-bond acceptors (Lipinski definition) is 3. The van der Waals surface area contributed by atoms with Gasteiger partial charge in [-0.25, -0.2) is 0 Å². The molecule has 0 aliphatic heterocycles. The summed E-state index contributed by atoms with van der Waals surface area (Å²) in [7, 11) is 0. The summed E-state index contributed by atoms with van der Waals surface area (Å²) < 4.78 is 5.48. The van der Waals surface area contributed by atoms with Gasteiger partial charge in [0.1, 0.15) is 5.75 Å². The van der Waals surface area contributed by atoms with E-state index in [1.165, 1.54) is 0 Å². The van der Waals surface area contributed by atoms with E-state index in [-0.39, 0.29) is 0 Å². The van der Waals surface area contributed by atoms with E-state index >= 15 is 0 Å². The van der Waals surface area contributed by atoms with Crippen LogP contribution < -0.4 is 4.74 Å². The number of hydrogen-bond donors (Lipinski definition) is 0. The van der Waals surface area contributed by atoms with Crippen molar-refractivity contribution in [3.05, 3.63) is 28.8 Å². The van der Waals surface area contributed by atoms with Crippen LogP contribution in [0.1, 0.15) is 16.8 Å². The Bertz CT molecular complexity index is 328. The van der Waals surface area contributed by atoms with E-state index in [9.17, 15) is 4.79 Å². The van der Waals surface area contributed by atoms with Gasteiger partial charge in [-0.3, -0.25) is 4.79 Å². The Balaban J connectivity index is 2.56. The van der Waals surface area contributed by atoms with Crippen LogP contribution in [-0.2, 0) is 0 Å². The fraction of sp³-hybridized carbons (Fsp3) is 0.364. The lowest BCUT2D eigenvalue weighted by atomic mass is 10.2. The predicted octanol–water partition coefficient (Wildman–Crippen LogP) is 3.28. The lowest BCUT2D eigenvalue weighted by Crippen LogP contribution is -2.00. The van der Waals surface area contributed by atoms with Crippen molar-refractivity contribution >= 4 is 29.6 Å². The van der Waals surface area contributed by atoms with E-state index in [1.807, 2.05) is 0 Å². The van der Waals surface area contributed by atoms with Gasteiger partial charge in [-0.05, 0) is 36.6 Å². The lowest BCUT2D eigenvalue weighted by Gasteiger charge is -2.07. The van der Waals surface area contributed by atoms with Crippen LogP contribution in [0.15, 0.2) is 18.2 Å². The minimum absolute atomic E-state index is 0.506. The molecule has 0 N–H and O–H groups in total. The Morgan fingerprint density at radius 3 is 3.00 bits per heavy atom. The fourth-order valence-electron chi connectivity index (χ4n) is 1.13. The maximum absolute atomic E-state index is 10.7. The maximum Gasteiger partial charge on any atom is 0.153 e. The molecule has 0 bridgehead atoms. The second kappa shape index (κ2) is 6.75. The summed E-state index contributed by atoms with van der Waals surface area (Å²) in [5.74, 6) is 1.67. The van der Waals surface area contributed by atoms with Crippen molar-refractivity contribution in [1.29, 1.82) is 0 Å². The molecule has 0 spiro atoms. The van der Waals surface area contributed by atoms with Gasteiger partial charge in [0, 0.05) is 5.02 Å². The average Bonchev–Trinajstić information content (AvgIpc) is 2.26. The number of benzene rings is 1.